The third kappa shape index (κ3) is 2.89. The van der Waals surface area contributed by atoms with Crippen LogP contribution in [0.2, 0.25) is 0 Å². The van der Waals surface area contributed by atoms with E-state index >= 15 is 0 Å². The molecule has 1 atom stereocenters. The maximum Gasteiger partial charge on any atom is 0.292 e. The predicted octanol–water partition coefficient (Wildman–Crippen LogP) is 2.40. The summed E-state index contributed by atoms with van der Waals surface area (Å²) >= 11 is 0. The summed E-state index contributed by atoms with van der Waals surface area (Å²) < 4.78 is 0. The summed E-state index contributed by atoms with van der Waals surface area (Å²) in [6.07, 6.45) is 1.62. The number of benzene rings is 1. The minimum atomic E-state index is -0.413. The van der Waals surface area contributed by atoms with Crippen LogP contribution in [0.3, 0.4) is 0 Å². The highest BCUT2D eigenvalue weighted by atomic mass is 16.6. The largest absolute Gasteiger partial charge is 0.383 e. The van der Waals surface area contributed by atoms with Gasteiger partial charge in [-0.15, -0.1) is 0 Å². The van der Waals surface area contributed by atoms with Gasteiger partial charge in [0.25, 0.3) is 5.69 Å². The first kappa shape index (κ1) is 14.3. The van der Waals surface area contributed by atoms with Crippen LogP contribution in [0.1, 0.15) is 25.3 Å². The molecule has 1 aliphatic rings. The molecule has 1 aromatic carbocycles. The average Bonchev–Trinajstić information content (AvgIpc) is 2.79. The summed E-state index contributed by atoms with van der Waals surface area (Å²) in [6, 6.07) is 4.94. The van der Waals surface area contributed by atoms with Crippen molar-refractivity contribution < 1.29 is 9.72 Å². The third-order valence-corrected chi connectivity index (χ3v) is 3.77. The number of amides is 1. The quantitative estimate of drug-likeness (QED) is 0.662. The fourth-order valence-electron chi connectivity index (χ4n) is 2.54. The smallest absolute Gasteiger partial charge is 0.292 e. The Morgan fingerprint density at radius 3 is 2.80 bits per heavy atom. The van der Waals surface area contributed by atoms with Crippen LogP contribution in [-0.2, 0) is 11.3 Å². The van der Waals surface area contributed by atoms with E-state index in [2.05, 4.69) is 12.2 Å². The zero-order chi connectivity index (χ0) is 14.7. The Kier molecular flexibility index (Phi) is 4.22. The van der Waals surface area contributed by atoms with Gasteiger partial charge in [0.1, 0.15) is 5.69 Å². The number of likely N-dealkylation sites (tertiary alicyclic amines) is 1. The molecule has 1 unspecified atom stereocenters. The zero-order valence-corrected chi connectivity index (χ0v) is 11.8. The number of hydrogen-bond acceptors (Lipinski definition) is 4. The van der Waals surface area contributed by atoms with Gasteiger partial charge in [0.05, 0.1) is 4.92 Å². The summed E-state index contributed by atoms with van der Waals surface area (Å²) in [5, 5.41) is 13.7. The maximum absolute atomic E-state index is 11.9. The van der Waals surface area contributed by atoms with E-state index in [1.165, 1.54) is 6.07 Å². The van der Waals surface area contributed by atoms with Crippen LogP contribution in [0.15, 0.2) is 18.2 Å². The number of nitro benzene ring substituents is 1. The lowest BCUT2D eigenvalue weighted by Crippen LogP contribution is -2.24. The van der Waals surface area contributed by atoms with Crippen LogP contribution in [0.5, 0.6) is 0 Å². The second-order valence-corrected chi connectivity index (χ2v) is 5.11. The number of nitrogens with one attached hydrogen (secondary N) is 1. The van der Waals surface area contributed by atoms with E-state index in [4.69, 9.17) is 0 Å². The van der Waals surface area contributed by atoms with Gasteiger partial charge in [-0.2, -0.15) is 0 Å². The molecule has 0 spiro atoms. The van der Waals surface area contributed by atoms with Gasteiger partial charge in [0, 0.05) is 32.6 Å². The number of carbonyl (C=O) groups excluding carboxylic acids is 1. The normalized spacial score (nSPS) is 18.4. The van der Waals surface area contributed by atoms with Gasteiger partial charge in [-0.05, 0) is 17.5 Å². The number of rotatable bonds is 5. The van der Waals surface area contributed by atoms with Gasteiger partial charge in [-0.3, -0.25) is 14.9 Å². The molecule has 0 aliphatic carbocycles. The Hall–Kier alpha value is -2.11. The van der Waals surface area contributed by atoms with Crippen molar-refractivity contribution >= 4 is 17.3 Å². The van der Waals surface area contributed by atoms with Crippen molar-refractivity contribution in [3.05, 3.63) is 33.9 Å². The molecule has 0 saturated carbocycles. The number of anilines is 1. The van der Waals surface area contributed by atoms with E-state index < -0.39 is 4.92 Å². The number of nitro groups is 1. The van der Waals surface area contributed by atoms with Gasteiger partial charge in [0.15, 0.2) is 0 Å². The summed E-state index contributed by atoms with van der Waals surface area (Å²) in [5.74, 6) is 0.602. The molecular weight excluding hydrogens is 258 g/mol. The van der Waals surface area contributed by atoms with Gasteiger partial charge in [0.2, 0.25) is 5.91 Å². The van der Waals surface area contributed by atoms with Crippen LogP contribution in [0, 0.1) is 16.0 Å². The molecular formula is C14H19N3O3. The maximum atomic E-state index is 11.9. The van der Waals surface area contributed by atoms with Crippen LogP contribution >= 0.6 is 0 Å². The number of carbonyl (C=O) groups is 1. The molecule has 108 valence electrons. The van der Waals surface area contributed by atoms with Crippen LogP contribution in [0.25, 0.3) is 0 Å². The van der Waals surface area contributed by atoms with Crippen molar-refractivity contribution in [3.8, 4) is 0 Å². The van der Waals surface area contributed by atoms with Crippen LogP contribution in [-0.4, -0.2) is 29.3 Å². The van der Waals surface area contributed by atoms with Crippen molar-refractivity contribution in [2.75, 3.05) is 18.9 Å². The first-order valence-electron chi connectivity index (χ1n) is 6.78. The first-order chi connectivity index (χ1) is 9.55. The molecule has 1 N–H and O–H groups in total. The minimum Gasteiger partial charge on any atom is -0.383 e. The molecule has 2 rings (SSSR count). The number of hydrogen-bond donors (Lipinski definition) is 1. The molecule has 20 heavy (non-hydrogen) atoms. The molecule has 1 heterocycles. The van der Waals surface area contributed by atoms with Gasteiger partial charge < -0.3 is 10.2 Å². The first-order valence-corrected chi connectivity index (χ1v) is 6.78. The molecule has 6 heteroatoms. The van der Waals surface area contributed by atoms with Gasteiger partial charge >= 0.3 is 0 Å². The molecule has 6 nitrogen and oxygen atoms in total. The van der Waals surface area contributed by atoms with E-state index in [0.29, 0.717) is 24.6 Å². The summed E-state index contributed by atoms with van der Waals surface area (Å²) in [7, 11) is 1.65. The van der Waals surface area contributed by atoms with Crippen LogP contribution < -0.4 is 5.32 Å². The standard InChI is InChI=1S/C14H19N3O3/c1-3-10-7-14(18)16(8-10)9-11-4-5-13(17(19)20)12(6-11)15-2/h4-6,10,15H,3,7-9H2,1-2H3. The molecule has 1 aliphatic heterocycles. The lowest BCUT2D eigenvalue weighted by atomic mass is 10.1. The minimum absolute atomic E-state index is 0.0513. The molecule has 1 amide bonds. The molecule has 0 aromatic heterocycles. The topological polar surface area (TPSA) is 75.5 Å². The Labute approximate surface area is 117 Å². The van der Waals surface area contributed by atoms with Crippen molar-refractivity contribution in [1.29, 1.82) is 0 Å². The van der Waals surface area contributed by atoms with Gasteiger partial charge in [-0.25, -0.2) is 0 Å². The van der Waals surface area contributed by atoms with E-state index in [-0.39, 0.29) is 11.6 Å². The van der Waals surface area contributed by atoms with Gasteiger partial charge in [-0.1, -0.05) is 19.4 Å². The highest BCUT2D eigenvalue weighted by molar-refractivity contribution is 5.78. The SMILES string of the molecule is CCC1CC(=O)N(Cc2ccc([N+](=O)[O-])c(NC)c2)C1. The highest BCUT2D eigenvalue weighted by Crippen LogP contribution is 2.27. The van der Waals surface area contributed by atoms with E-state index in [1.54, 1.807) is 19.2 Å². The fraction of sp³-hybridized carbons (Fsp3) is 0.500. The number of nitrogens with zero attached hydrogens (tertiary/aromatic N) is 2. The van der Waals surface area contributed by atoms with Crippen molar-refractivity contribution in [1.82, 2.24) is 4.90 Å². The highest BCUT2D eigenvalue weighted by Gasteiger charge is 2.28. The Morgan fingerprint density at radius 1 is 1.50 bits per heavy atom. The lowest BCUT2D eigenvalue weighted by molar-refractivity contribution is -0.384. The van der Waals surface area contributed by atoms with E-state index in [0.717, 1.165) is 18.5 Å². The molecule has 1 saturated heterocycles. The zero-order valence-electron chi connectivity index (χ0n) is 11.8. The molecule has 1 fully saturated rings. The Balaban J connectivity index is 2.14. The van der Waals surface area contributed by atoms with E-state index in [1.807, 2.05) is 4.90 Å². The Bertz CT molecular complexity index is 530. The average molecular weight is 277 g/mol. The van der Waals surface area contributed by atoms with E-state index in [9.17, 15) is 14.9 Å². The molecule has 0 radical (unpaired) electrons. The second-order valence-electron chi connectivity index (χ2n) is 5.11. The summed E-state index contributed by atoms with van der Waals surface area (Å²) in [6.45, 7) is 3.38. The lowest BCUT2D eigenvalue weighted by Gasteiger charge is -2.17. The van der Waals surface area contributed by atoms with Crippen molar-refractivity contribution in [2.45, 2.75) is 26.3 Å². The summed E-state index contributed by atoms with van der Waals surface area (Å²) in [5.41, 5.74) is 1.44. The summed E-state index contributed by atoms with van der Waals surface area (Å²) in [4.78, 5) is 24.2. The van der Waals surface area contributed by atoms with Crippen molar-refractivity contribution in [2.24, 2.45) is 5.92 Å². The predicted molar refractivity (Wildman–Crippen MR) is 76.5 cm³/mol. The third-order valence-electron chi connectivity index (χ3n) is 3.77. The van der Waals surface area contributed by atoms with Crippen molar-refractivity contribution in [3.63, 3.8) is 0 Å². The molecule has 1 aromatic rings. The van der Waals surface area contributed by atoms with Crippen LogP contribution in [0.4, 0.5) is 11.4 Å². The molecule has 0 bridgehead atoms. The fourth-order valence-corrected chi connectivity index (χ4v) is 2.54. The monoisotopic (exact) mass is 277 g/mol. The Morgan fingerprint density at radius 2 is 2.25 bits per heavy atom. The second kappa shape index (κ2) is 5.90.